The summed E-state index contributed by atoms with van der Waals surface area (Å²) in [4.78, 5) is 1.01. The van der Waals surface area contributed by atoms with Gasteiger partial charge in [0.25, 0.3) is 0 Å². The molecule has 1 aromatic heterocycles. The Morgan fingerprint density at radius 3 is 2.41 bits per heavy atom. The first kappa shape index (κ1) is 17.5. The van der Waals surface area contributed by atoms with Gasteiger partial charge in [-0.3, -0.25) is 4.31 Å². The molecule has 22 heavy (non-hydrogen) atoms. The van der Waals surface area contributed by atoms with E-state index >= 15 is 0 Å². The van der Waals surface area contributed by atoms with Gasteiger partial charge in [-0.1, -0.05) is 32.0 Å². The van der Waals surface area contributed by atoms with Gasteiger partial charge in [-0.05, 0) is 52.0 Å². The fourth-order valence-electron chi connectivity index (χ4n) is 2.33. The van der Waals surface area contributed by atoms with Crippen molar-refractivity contribution in [2.75, 3.05) is 10.6 Å². The Hall–Kier alpha value is -0.850. The maximum absolute atomic E-state index is 12.3. The van der Waals surface area contributed by atoms with Crippen molar-refractivity contribution in [3.8, 4) is 0 Å². The van der Waals surface area contributed by atoms with Crippen LogP contribution in [-0.2, 0) is 23.0 Å². The second-order valence-corrected chi connectivity index (χ2v) is 10.2. The number of sulfonamides is 1. The fraction of sp³-hybridized carbons (Fsp3) is 0.375. The average molecular weight is 402 g/mol. The SMILES string of the molecule is CC(C)Cc1ccccc1N(Cc1ccc(Br)s1)S(C)(=O)=O. The molecular formula is C16H20BrNO2S2. The van der Waals surface area contributed by atoms with Crippen LogP contribution in [0.3, 0.4) is 0 Å². The highest BCUT2D eigenvalue weighted by Crippen LogP contribution is 2.30. The molecule has 0 fully saturated rings. The maximum atomic E-state index is 12.3. The third-order valence-corrected chi connectivity index (χ3v) is 5.95. The van der Waals surface area contributed by atoms with E-state index in [-0.39, 0.29) is 0 Å². The van der Waals surface area contributed by atoms with E-state index in [9.17, 15) is 8.42 Å². The maximum Gasteiger partial charge on any atom is 0.232 e. The van der Waals surface area contributed by atoms with Gasteiger partial charge in [0.15, 0.2) is 0 Å². The molecule has 0 radical (unpaired) electrons. The van der Waals surface area contributed by atoms with Crippen molar-refractivity contribution in [1.29, 1.82) is 0 Å². The van der Waals surface area contributed by atoms with Gasteiger partial charge in [0.05, 0.1) is 22.3 Å². The van der Waals surface area contributed by atoms with Gasteiger partial charge >= 0.3 is 0 Å². The molecule has 0 saturated carbocycles. The van der Waals surface area contributed by atoms with E-state index in [2.05, 4.69) is 29.8 Å². The summed E-state index contributed by atoms with van der Waals surface area (Å²) in [6.45, 7) is 4.64. The Balaban J connectivity index is 2.42. The third-order valence-electron chi connectivity index (χ3n) is 3.22. The quantitative estimate of drug-likeness (QED) is 0.704. The van der Waals surface area contributed by atoms with Crippen molar-refractivity contribution < 1.29 is 8.42 Å². The first-order valence-electron chi connectivity index (χ1n) is 7.07. The molecule has 2 aromatic rings. The standard InChI is InChI=1S/C16H20BrNO2S2/c1-12(2)10-13-6-4-5-7-15(13)18(22(3,19)20)11-14-8-9-16(17)21-14/h4-9,12H,10-11H2,1-3H3. The number of hydrogen-bond donors (Lipinski definition) is 0. The molecule has 0 saturated heterocycles. The molecular weight excluding hydrogens is 382 g/mol. The molecule has 1 aromatic carbocycles. The normalized spacial score (nSPS) is 11.9. The lowest BCUT2D eigenvalue weighted by atomic mass is 10.0. The Labute approximate surface area is 145 Å². The summed E-state index contributed by atoms with van der Waals surface area (Å²) in [5, 5.41) is 0. The first-order chi connectivity index (χ1) is 10.3. The smallest absolute Gasteiger partial charge is 0.232 e. The minimum Gasteiger partial charge on any atom is -0.265 e. The minimum absolute atomic E-state index is 0.365. The summed E-state index contributed by atoms with van der Waals surface area (Å²) in [5.41, 5.74) is 1.85. The second-order valence-electron chi connectivity index (χ2n) is 5.70. The molecule has 0 spiro atoms. The number of rotatable bonds is 6. The predicted molar refractivity (Wildman–Crippen MR) is 98.0 cm³/mol. The summed E-state index contributed by atoms with van der Waals surface area (Å²) in [6.07, 6.45) is 2.12. The van der Waals surface area contributed by atoms with E-state index < -0.39 is 10.0 Å². The van der Waals surface area contributed by atoms with E-state index in [1.165, 1.54) is 10.6 Å². The molecule has 120 valence electrons. The minimum atomic E-state index is -3.34. The molecule has 0 unspecified atom stereocenters. The van der Waals surface area contributed by atoms with Gasteiger partial charge in [0.2, 0.25) is 10.0 Å². The molecule has 0 aliphatic heterocycles. The van der Waals surface area contributed by atoms with Crippen molar-refractivity contribution in [2.45, 2.75) is 26.8 Å². The van der Waals surface area contributed by atoms with Crippen molar-refractivity contribution in [3.05, 3.63) is 50.6 Å². The second kappa shape index (κ2) is 7.15. The number of thiophene rings is 1. The number of anilines is 1. The summed E-state index contributed by atoms with van der Waals surface area (Å²) < 4.78 is 27.1. The van der Waals surface area contributed by atoms with Gasteiger partial charge in [0.1, 0.15) is 0 Å². The summed E-state index contributed by atoms with van der Waals surface area (Å²) in [5.74, 6) is 0.471. The lowest BCUT2D eigenvalue weighted by molar-refractivity contribution is 0.595. The van der Waals surface area contributed by atoms with Crippen LogP contribution in [0.5, 0.6) is 0 Å². The van der Waals surface area contributed by atoms with Crippen molar-refractivity contribution in [1.82, 2.24) is 0 Å². The van der Waals surface area contributed by atoms with E-state index in [1.807, 2.05) is 36.4 Å². The van der Waals surface area contributed by atoms with Gasteiger partial charge in [-0.2, -0.15) is 0 Å². The fourth-order valence-corrected chi connectivity index (χ4v) is 4.79. The van der Waals surface area contributed by atoms with Crippen LogP contribution in [-0.4, -0.2) is 14.7 Å². The Bertz CT molecular complexity index is 738. The van der Waals surface area contributed by atoms with Crippen LogP contribution in [0.15, 0.2) is 40.2 Å². The van der Waals surface area contributed by atoms with Crippen LogP contribution in [0, 0.1) is 5.92 Å². The van der Waals surface area contributed by atoms with Gasteiger partial charge in [0, 0.05) is 4.88 Å². The highest BCUT2D eigenvalue weighted by atomic mass is 79.9. The van der Waals surface area contributed by atoms with Gasteiger partial charge in [-0.15, -0.1) is 11.3 Å². The predicted octanol–water partition coefficient (Wildman–Crippen LogP) is 4.68. The van der Waals surface area contributed by atoms with Crippen LogP contribution in [0.1, 0.15) is 24.3 Å². The number of para-hydroxylation sites is 1. The van der Waals surface area contributed by atoms with Crippen molar-refractivity contribution >= 4 is 43.0 Å². The average Bonchev–Trinajstić information content (AvgIpc) is 2.81. The lowest BCUT2D eigenvalue weighted by Crippen LogP contribution is -2.30. The zero-order valence-corrected chi connectivity index (χ0v) is 16.1. The number of benzene rings is 1. The highest BCUT2D eigenvalue weighted by Gasteiger charge is 2.21. The van der Waals surface area contributed by atoms with E-state index in [1.54, 1.807) is 11.3 Å². The molecule has 2 rings (SSSR count). The first-order valence-corrected chi connectivity index (χ1v) is 10.5. The molecule has 0 aliphatic rings. The summed E-state index contributed by atoms with van der Waals surface area (Å²) in [6, 6.07) is 11.7. The Kier molecular flexibility index (Phi) is 5.69. The van der Waals surface area contributed by atoms with Gasteiger partial charge in [-0.25, -0.2) is 8.42 Å². The topological polar surface area (TPSA) is 37.4 Å². The van der Waals surface area contributed by atoms with Crippen LogP contribution >= 0.6 is 27.3 Å². The van der Waals surface area contributed by atoms with Crippen molar-refractivity contribution in [3.63, 3.8) is 0 Å². The van der Waals surface area contributed by atoms with E-state index in [4.69, 9.17) is 0 Å². The Morgan fingerprint density at radius 2 is 1.86 bits per heavy atom. The molecule has 0 bridgehead atoms. The molecule has 3 nitrogen and oxygen atoms in total. The lowest BCUT2D eigenvalue weighted by Gasteiger charge is -2.25. The molecule has 0 N–H and O–H groups in total. The monoisotopic (exact) mass is 401 g/mol. The van der Waals surface area contributed by atoms with Crippen LogP contribution < -0.4 is 4.31 Å². The Morgan fingerprint density at radius 1 is 1.18 bits per heavy atom. The number of hydrogen-bond acceptors (Lipinski definition) is 3. The molecule has 0 atom stereocenters. The van der Waals surface area contributed by atoms with Crippen LogP contribution in [0.2, 0.25) is 0 Å². The zero-order valence-electron chi connectivity index (χ0n) is 12.9. The molecule has 0 amide bonds. The van der Waals surface area contributed by atoms with E-state index in [0.29, 0.717) is 12.5 Å². The third kappa shape index (κ3) is 4.57. The highest BCUT2D eigenvalue weighted by molar-refractivity contribution is 9.11. The van der Waals surface area contributed by atoms with Gasteiger partial charge < -0.3 is 0 Å². The largest absolute Gasteiger partial charge is 0.265 e. The van der Waals surface area contributed by atoms with Crippen LogP contribution in [0.4, 0.5) is 5.69 Å². The molecule has 1 heterocycles. The molecule has 0 aliphatic carbocycles. The zero-order chi connectivity index (χ0) is 16.3. The summed E-state index contributed by atoms with van der Waals surface area (Å²) >= 11 is 4.98. The van der Waals surface area contributed by atoms with Crippen LogP contribution in [0.25, 0.3) is 0 Å². The summed E-state index contributed by atoms with van der Waals surface area (Å²) in [7, 11) is -3.34. The molecule has 6 heteroatoms. The van der Waals surface area contributed by atoms with E-state index in [0.717, 1.165) is 26.3 Å². The van der Waals surface area contributed by atoms with Crippen molar-refractivity contribution in [2.24, 2.45) is 5.92 Å². The number of nitrogens with zero attached hydrogens (tertiary/aromatic N) is 1. The number of halogens is 1.